The predicted octanol–water partition coefficient (Wildman–Crippen LogP) is 4.60. The molecule has 0 saturated heterocycles. The summed E-state index contributed by atoms with van der Waals surface area (Å²) in [7, 11) is -4.29. The summed E-state index contributed by atoms with van der Waals surface area (Å²) in [5, 5.41) is 2.37. The van der Waals surface area contributed by atoms with Crippen molar-refractivity contribution in [2.45, 2.75) is 45.5 Å². The maximum Gasteiger partial charge on any atom is 0.416 e. The number of rotatable bonds is 11. The number of halogens is 5. The molecule has 37 heavy (non-hydrogen) atoms. The van der Waals surface area contributed by atoms with Crippen molar-refractivity contribution < 1.29 is 35.6 Å². The van der Waals surface area contributed by atoms with E-state index in [1.165, 1.54) is 19.1 Å². The molecular weight excluding hydrogens is 538 g/mol. The third-order valence-corrected chi connectivity index (χ3v) is 6.93. The largest absolute Gasteiger partial charge is 0.416 e. The van der Waals surface area contributed by atoms with Gasteiger partial charge in [0.15, 0.2) is 0 Å². The van der Waals surface area contributed by atoms with E-state index < -0.39 is 57.7 Å². The van der Waals surface area contributed by atoms with Gasteiger partial charge in [-0.1, -0.05) is 37.1 Å². The molecule has 13 heteroatoms. The Morgan fingerprint density at radius 3 is 2.27 bits per heavy atom. The SMILES string of the molecule is CCCCNC(=O)C(C)N(Cc1ccc(F)cc1)C(=O)CN(c1cc(C(F)(F)F)ccc1Cl)S(C)(=O)=O. The summed E-state index contributed by atoms with van der Waals surface area (Å²) in [5.41, 5.74) is -1.24. The van der Waals surface area contributed by atoms with Gasteiger partial charge in [0.05, 0.1) is 22.5 Å². The summed E-state index contributed by atoms with van der Waals surface area (Å²) >= 11 is 6.04. The first-order valence-electron chi connectivity index (χ1n) is 11.3. The molecule has 0 bridgehead atoms. The van der Waals surface area contributed by atoms with Crippen LogP contribution in [0.1, 0.15) is 37.8 Å². The molecule has 1 N–H and O–H groups in total. The number of sulfonamides is 1. The summed E-state index contributed by atoms with van der Waals surface area (Å²) in [5.74, 6) is -1.90. The van der Waals surface area contributed by atoms with Gasteiger partial charge in [0.2, 0.25) is 21.8 Å². The lowest BCUT2D eigenvalue weighted by Gasteiger charge is -2.32. The number of hydrogen-bond donors (Lipinski definition) is 1. The molecule has 2 aromatic rings. The van der Waals surface area contributed by atoms with Crippen LogP contribution in [0.15, 0.2) is 42.5 Å². The molecule has 0 aromatic heterocycles. The smallest absolute Gasteiger partial charge is 0.354 e. The Morgan fingerprint density at radius 1 is 1.11 bits per heavy atom. The van der Waals surface area contributed by atoms with Crippen LogP contribution in [-0.2, 0) is 32.3 Å². The van der Waals surface area contributed by atoms with Crippen LogP contribution >= 0.6 is 11.6 Å². The van der Waals surface area contributed by atoms with Crippen LogP contribution in [0.2, 0.25) is 5.02 Å². The summed E-state index contributed by atoms with van der Waals surface area (Å²) < 4.78 is 78.8. The maximum atomic E-state index is 13.4. The summed E-state index contributed by atoms with van der Waals surface area (Å²) in [4.78, 5) is 27.2. The second-order valence-electron chi connectivity index (χ2n) is 8.40. The Hall–Kier alpha value is -2.86. The van der Waals surface area contributed by atoms with Crippen molar-refractivity contribution in [2.75, 3.05) is 23.7 Å². The van der Waals surface area contributed by atoms with E-state index in [0.29, 0.717) is 35.0 Å². The topological polar surface area (TPSA) is 86.8 Å². The second-order valence-corrected chi connectivity index (χ2v) is 10.7. The molecule has 0 heterocycles. The van der Waals surface area contributed by atoms with Gasteiger partial charge < -0.3 is 10.2 Å². The number of alkyl halides is 3. The molecule has 0 spiro atoms. The van der Waals surface area contributed by atoms with Crippen LogP contribution in [0.4, 0.5) is 23.2 Å². The van der Waals surface area contributed by atoms with Gasteiger partial charge in [0.25, 0.3) is 0 Å². The number of carbonyl (C=O) groups excluding carboxylic acids is 2. The average Bonchev–Trinajstić information content (AvgIpc) is 2.80. The first kappa shape index (κ1) is 30.4. The zero-order valence-electron chi connectivity index (χ0n) is 20.5. The van der Waals surface area contributed by atoms with Gasteiger partial charge in [-0.25, -0.2) is 12.8 Å². The van der Waals surface area contributed by atoms with Gasteiger partial charge in [-0.3, -0.25) is 13.9 Å². The van der Waals surface area contributed by atoms with Crippen molar-refractivity contribution in [1.82, 2.24) is 10.2 Å². The van der Waals surface area contributed by atoms with Gasteiger partial charge >= 0.3 is 6.18 Å². The fraction of sp³-hybridized carbons (Fsp3) is 0.417. The molecule has 0 fully saturated rings. The van der Waals surface area contributed by atoms with Gasteiger partial charge in [0.1, 0.15) is 18.4 Å². The van der Waals surface area contributed by atoms with Crippen LogP contribution in [0.25, 0.3) is 0 Å². The molecule has 1 atom stereocenters. The zero-order chi connectivity index (χ0) is 28.0. The van der Waals surface area contributed by atoms with E-state index in [-0.39, 0.29) is 11.6 Å². The quantitative estimate of drug-likeness (QED) is 0.319. The van der Waals surface area contributed by atoms with E-state index in [4.69, 9.17) is 11.6 Å². The summed E-state index contributed by atoms with van der Waals surface area (Å²) in [6, 6.07) is 6.17. The van der Waals surface area contributed by atoms with Crippen LogP contribution in [0.5, 0.6) is 0 Å². The Balaban J connectivity index is 2.45. The average molecular weight is 566 g/mol. The molecule has 0 aliphatic heterocycles. The summed E-state index contributed by atoms with van der Waals surface area (Å²) in [6.07, 6.45) is -2.55. The molecule has 0 aliphatic rings. The van der Waals surface area contributed by atoms with Crippen molar-refractivity contribution in [3.63, 3.8) is 0 Å². The van der Waals surface area contributed by atoms with E-state index in [9.17, 15) is 35.6 Å². The third kappa shape index (κ3) is 8.60. The normalized spacial score (nSPS) is 12.6. The molecule has 2 amide bonds. The molecule has 2 rings (SSSR count). The first-order valence-corrected chi connectivity index (χ1v) is 13.5. The second kappa shape index (κ2) is 12.6. The lowest BCUT2D eigenvalue weighted by atomic mass is 10.1. The molecule has 0 radical (unpaired) electrons. The molecular formula is C24H28ClF4N3O4S. The fourth-order valence-electron chi connectivity index (χ4n) is 3.38. The minimum Gasteiger partial charge on any atom is -0.354 e. The molecule has 7 nitrogen and oxygen atoms in total. The van der Waals surface area contributed by atoms with Crippen molar-refractivity contribution >= 4 is 39.1 Å². The third-order valence-electron chi connectivity index (χ3n) is 5.48. The highest BCUT2D eigenvalue weighted by Crippen LogP contribution is 2.36. The van der Waals surface area contributed by atoms with Gasteiger partial charge in [-0.15, -0.1) is 0 Å². The van der Waals surface area contributed by atoms with Crippen molar-refractivity contribution in [3.8, 4) is 0 Å². The maximum absolute atomic E-state index is 13.4. The van der Waals surface area contributed by atoms with Crippen molar-refractivity contribution in [2.24, 2.45) is 0 Å². The van der Waals surface area contributed by atoms with E-state index in [1.54, 1.807) is 0 Å². The van der Waals surface area contributed by atoms with Crippen LogP contribution < -0.4 is 9.62 Å². The molecule has 0 saturated carbocycles. The van der Waals surface area contributed by atoms with Gasteiger partial charge in [-0.2, -0.15) is 13.2 Å². The van der Waals surface area contributed by atoms with E-state index in [1.807, 2.05) is 6.92 Å². The number of amides is 2. The summed E-state index contributed by atoms with van der Waals surface area (Å²) in [6.45, 7) is 2.61. The Morgan fingerprint density at radius 2 is 1.73 bits per heavy atom. The first-order chi connectivity index (χ1) is 17.1. The zero-order valence-corrected chi connectivity index (χ0v) is 22.1. The number of carbonyl (C=O) groups is 2. The highest BCUT2D eigenvalue weighted by Gasteiger charge is 2.34. The number of anilines is 1. The lowest BCUT2D eigenvalue weighted by Crippen LogP contribution is -2.51. The van der Waals surface area contributed by atoms with Crippen molar-refractivity contribution in [3.05, 3.63) is 64.4 Å². The Kier molecular flexibility index (Phi) is 10.3. The Labute approximate surface area is 218 Å². The van der Waals surface area contributed by atoms with Crippen LogP contribution in [-0.4, -0.2) is 50.5 Å². The van der Waals surface area contributed by atoms with E-state index >= 15 is 0 Å². The lowest BCUT2D eigenvalue weighted by molar-refractivity contribution is -0.139. The van der Waals surface area contributed by atoms with Crippen LogP contribution in [0.3, 0.4) is 0 Å². The molecule has 1 unspecified atom stereocenters. The molecule has 2 aromatic carbocycles. The standard InChI is InChI=1S/C24H28ClF4N3O4S/c1-4-5-12-30-23(34)16(2)31(14-17-6-9-19(26)10-7-17)22(33)15-32(37(3,35)36)21-13-18(24(27,28)29)8-11-20(21)25/h6-11,13,16H,4-5,12,14-15H2,1-3H3,(H,30,34). The monoisotopic (exact) mass is 565 g/mol. The van der Waals surface area contributed by atoms with Crippen LogP contribution in [0, 0.1) is 5.82 Å². The van der Waals surface area contributed by atoms with Crippen molar-refractivity contribution in [1.29, 1.82) is 0 Å². The number of nitrogens with zero attached hydrogens (tertiary/aromatic N) is 2. The number of benzene rings is 2. The highest BCUT2D eigenvalue weighted by molar-refractivity contribution is 7.92. The molecule has 0 aliphatic carbocycles. The fourth-order valence-corrected chi connectivity index (χ4v) is 4.50. The minimum absolute atomic E-state index is 0.185. The van der Waals surface area contributed by atoms with E-state index in [2.05, 4.69) is 5.32 Å². The highest BCUT2D eigenvalue weighted by atomic mass is 35.5. The van der Waals surface area contributed by atoms with Gasteiger partial charge in [-0.05, 0) is 49.2 Å². The number of unbranched alkanes of at least 4 members (excludes halogenated alkanes) is 1. The predicted molar refractivity (Wildman–Crippen MR) is 133 cm³/mol. The minimum atomic E-state index is -4.79. The number of nitrogens with one attached hydrogen (secondary N) is 1. The Bertz CT molecular complexity index is 1210. The number of hydrogen-bond acceptors (Lipinski definition) is 4. The van der Waals surface area contributed by atoms with Gasteiger partial charge in [0, 0.05) is 13.1 Å². The van der Waals surface area contributed by atoms with E-state index in [0.717, 1.165) is 35.8 Å². The molecule has 204 valence electrons.